The molecule has 0 bridgehead atoms. The van der Waals surface area contributed by atoms with Crippen molar-refractivity contribution in [2.75, 3.05) is 25.0 Å². The normalized spacial score (nSPS) is 10.6. The number of nitriles is 1. The van der Waals surface area contributed by atoms with Crippen LogP contribution < -0.4 is 5.32 Å². The summed E-state index contributed by atoms with van der Waals surface area (Å²) in [6, 6.07) is 9.62. The number of rotatable bonds is 7. The number of benzene rings is 1. The molecule has 0 aliphatic heterocycles. The third kappa shape index (κ3) is 6.69. The van der Waals surface area contributed by atoms with Crippen LogP contribution >= 0.6 is 15.9 Å². The fourth-order valence-electron chi connectivity index (χ4n) is 1.93. The smallest absolute Gasteiger partial charge is 0.238 e. The Morgan fingerprint density at radius 2 is 2.25 bits per heavy atom. The highest BCUT2D eigenvalue weighted by molar-refractivity contribution is 9.10. The van der Waals surface area contributed by atoms with E-state index in [4.69, 9.17) is 5.26 Å². The highest BCUT2D eigenvalue weighted by Crippen LogP contribution is 2.15. The van der Waals surface area contributed by atoms with Crippen LogP contribution in [0.1, 0.15) is 20.3 Å². The minimum Gasteiger partial charge on any atom is -0.325 e. The molecule has 1 rings (SSSR count). The second kappa shape index (κ2) is 8.72. The molecule has 0 radical (unpaired) electrons. The van der Waals surface area contributed by atoms with Crippen molar-refractivity contribution in [2.24, 2.45) is 5.92 Å². The summed E-state index contributed by atoms with van der Waals surface area (Å²) in [6.45, 7) is 5.96. The van der Waals surface area contributed by atoms with Crippen LogP contribution in [0.2, 0.25) is 0 Å². The van der Waals surface area contributed by atoms with E-state index >= 15 is 0 Å². The Hall–Kier alpha value is -1.38. The van der Waals surface area contributed by atoms with Gasteiger partial charge in [0.15, 0.2) is 0 Å². The fourth-order valence-corrected chi connectivity index (χ4v) is 2.33. The second-order valence-corrected chi connectivity index (χ2v) is 6.01. The molecule has 1 aromatic rings. The molecule has 5 heteroatoms. The van der Waals surface area contributed by atoms with Crippen LogP contribution in [-0.4, -0.2) is 30.4 Å². The van der Waals surface area contributed by atoms with Gasteiger partial charge in [-0.25, -0.2) is 0 Å². The molecule has 0 spiro atoms. The molecule has 1 amide bonds. The Morgan fingerprint density at radius 1 is 1.50 bits per heavy atom. The summed E-state index contributed by atoms with van der Waals surface area (Å²) < 4.78 is 0.929. The van der Waals surface area contributed by atoms with Crippen molar-refractivity contribution in [3.05, 3.63) is 28.7 Å². The van der Waals surface area contributed by atoms with E-state index in [-0.39, 0.29) is 5.91 Å². The van der Waals surface area contributed by atoms with Gasteiger partial charge in [-0.15, -0.1) is 0 Å². The first-order chi connectivity index (χ1) is 9.51. The van der Waals surface area contributed by atoms with E-state index in [0.717, 1.165) is 16.7 Å². The van der Waals surface area contributed by atoms with Gasteiger partial charge in [0, 0.05) is 29.7 Å². The molecule has 0 heterocycles. The van der Waals surface area contributed by atoms with Crippen LogP contribution in [0.4, 0.5) is 5.69 Å². The summed E-state index contributed by atoms with van der Waals surface area (Å²) in [5.74, 6) is 0.411. The minimum absolute atomic E-state index is 0.0540. The van der Waals surface area contributed by atoms with Crippen molar-refractivity contribution in [1.82, 2.24) is 4.90 Å². The van der Waals surface area contributed by atoms with Gasteiger partial charge in [0.2, 0.25) is 5.91 Å². The molecule has 0 saturated carbocycles. The van der Waals surface area contributed by atoms with Crippen LogP contribution in [0, 0.1) is 17.2 Å². The van der Waals surface area contributed by atoms with Crippen LogP contribution in [0.25, 0.3) is 0 Å². The molecular weight excluding hydrogens is 318 g/mol. The van der Waals surface area contributed by atoms with E-state index in [1.165, 1.54) is 0 Å². The van der Waals surface area contributed by atoms with Crippen LogP contribution in [0.5, 0.6) is 0 Å². The maximum atomic E-state index is 12.0. The molecule has 0 saturated heterocycles. The number of carbonyl (C=O) groups excluding carboxylic acids is 1. The van der Waals surface area contributed by atoms with Gasteiger partial charge >= 0.3 is 0 Å². The maximum absolute atomic E-state index is 12.0. The van der Waals surface area contributed by atoms with E-state index in [1.54, 1.807) is 0 Å². The number of carbonyl (C=O) groups is 1. The van der Waals surface area contributed by atoms with Gasteiger partial charge in [-0.2, -0.15) is 5.26 Å². The van der Waals surface area contributed by atoms with Crippen molar-refractivity contribution in [1.29, 1.82) is 5.26 Å². The standard InChI is InChI=1S/C15H20BrN3O/c1-12(2)10-19(8-4-7-17)11-15(20)18-14-6-3-5-13(16)9-14/h3,5-6,9,12H,4,8,10-11H2,1-2H3,(H,18,20). The van der Waals surface area contributed by atoms with Gasteiger partial charge in [0.05, 0.1) is 12.6 Å². The topological polar surface area (TPSA) is 56.1 Å². The molecule has 0 aliphatic rings. The fraction of sp³-hybridized carbons (Fsp3) is 0.467. The van der Waals surface area contributed by atoms with E-state index in [1.807, 2.05) is 29.2 Å². The summed E-state index contributed by atoms with van der Waals surface area (Å²) in [6.07, 6.45) is 0.441. The first-order valence-corrected chi connectivity index (χ1v) is 7.45. The van der Waals surface area contributed by atoms with Crippen LogP contribution in [0.3, 0.4) is 0 Å². The Bertz CT molecular complexity index is 482. The van der Waals surface area contributed by atoms with Gasteiger partial charge in [0.25, 0.3) is 0 Å². The number of halogens is 1. The lowest BCUT2D eigenvalue weighted by atomic mass is 10.2. The molecule has 0 fully saturated rings. The molecule has 0 atom stereocenters. The Labute approximate surface area is 128 Å². The van der Waals surface area contributed by atoms with Crippen molar-refractivity contribution in [3.63, 3.8) is 0 Å². The molecule has 1 N–H and O–H groups in total. The molecule has 1 aromatic carbocycles. The molecule has 4 nitrogen and oxygen atoms in total. The lowest BCUT2D eigenvalue weighted by molar-refractivity contribution is -0.117. The zero-order valence-corrected chi connectivity index (χ0v) is 13.5. The van der Waals surface area contributed by atoms with E-state index in [0.29, 0.717) is 25.4 Å². The predicted molar refractivity (Wildman–Crippen MR) is 84.3 cm³/mol. The summed E-state index contributed by atoms with van der Waals surface area (Å²) in [7, 11) is 0. The third-order valence-corrected chi connectivity index (χ3v) is 3.13. The quantitative estimate of drug-likeness (QED) is 0.830. The molecule has 0 unspecified atom stereocenters. The van der Waals surface area contributed by atoms with Gasteiger partial charge in [-0.05, 0) is 24.1 Å². The van der Waals surface area contributed by atoms with Crippen molar-refractivity contribution in [3.8, 4) is 6.07 Å². The number of anilines is 1. The van der Waals surface area contributed by atoms with Crippen molar-refractivity contribution >= 4 is 27.5 Å². The Morgan fingerprint density at radius 3 is 2.85 bits per heavy atom. The third-order valence-electron chi connectivity index (χ3n) is 2.64. The summed E-state index contributed by atoms with van der Waals surface area (Å²) in [4.78, 5) is 14.0. The van der Waals surface area contributed by atoms with E-state index < -0.39 is 0 Å². The van der Waals surface area contributed by atoms with Gasteiger partial charge in [-0.3, -0.25) is 9.69 Å². The maximum Gasteiger partial charge on any atom is 0.238 e. The minimum atomic E-state index is -0.0540. The summed E-state index contributed by atoms with van der Waals surface area (Å²) in [5, 5.41) is 11.5. The molecule has 20 heavy (non-hydrogen) atoms. The molecule has 0 aromatic heterocycles. The lowest BCUT2D eigenvalue weighted by Crippen LogP contribution is -2.36. The van der Waals surface area contributed by atoms with Crippen LogP contribution in [-0.2, 0) is 4.79 Å². The monoisotopic (exact) mass is 337 g/mol. The number of nitrogens with one attached hydrogen (secondary N) is 1. The van der Waals surface area contributed by atoms with Gasteiger partial charge in [0.1, 0.15) is 0 Å². The van der Waals surface area contributed by atoms with Crippen molar-refractivity contribution in [2.45, 2.75) is 20.3 Å². The number of nitrogens with zero attached hydrogens (tertiary/aromatic N) is 2. The molecule has 108 valence electrons. The number of amides is 1. The molecular formula is C15H20BrN3O. The van der Waals surface area contributed by atoms with Gasteiger partial charge < -0.3 is 5.32 Å². The van der Waals surface area contributed by atoms with Crippen LogP contribution in [0.15, 0.2) is 28.7 Å². The zero-order valence-electron chi connectivity index (χ0n) is 11.9. The predicted octanol–water partition coefficient (Wildman–Crippen LogP) is 3.26. The van der Waals surface area contributed by atoms with Gasteiger partial charge in [-0.1, -0.05) is 35.8 Å². The SMILES string of the molecule is CC(C)CN(CCC#N)CC(=O)Nc1cccc(Br)c1. The largest absolute Gasteiger partial charge is 0.325 e. The summed E-state index contributed by atoms with van der Waals surface area (Å²) >= 11 is 3.37. The summed E-state index contributed by atoms with van der Waals surface area (Å²) in [5.41, 5.74) is 0.772. The Kier molecular flexibility index (Phi) is 7.27. The average Bonchev–Trinajstić information content (AvgIpc) is 2.35. The lowest BCUT2D eigenvalue weighted by Gasteiger charge is -2.22. The van der Waals surface area contributed by atoms with E-state index in [9.17, 15) is 4.79 Å². The Balaban J connectivity index is 2.54. The van der Waals surface area contributed by atoms with Crippen molar-refractivity contribution < 1.29 is 4.79 Å². The van der Waals surface area contributed by atoms with E-state index in [2.05, 4.69) is 41.2 Å². The second-order valence-electron chi connectivity index (χ2n) is 5.10. The number of hydrogen-bond donors (Lipinski definition) is 1. The highest BCUT2D eigenvalue weighted by atomic mass is 79.9. The average molecular weight is 338 g/mol. The zero-order chi connectivity index (χ0) is 15.0. The highest BCUT2D eigenvalue weighted by Gasteiger charge is 2.12. The molecule has 0 aliphatic carbocycles. The first kappa shape index (κ1) is 16.7. The first-order valence-electron chi connectivity index (χ1n) is 6.66. The number of hydrogen-bond acceptors (Lipinski definition) is 3.